The van der Waals surface area contributed by atoms with E-state index in [4.69, 9.17) is 4.74 Å². The van der Waals surface area contributed by atoms with Gasteiger partial charge in [0.25, 0.3) is 0 Å². The van der Waals surface area contributed by atoms with E-state index in [0.717, 1.165) is 38.4 Å². The number of sulfonamides is 1. The summed E-state index contributed by atoms with van der Waals surface area (Å²) in [6.07, 6.45) is 3.21. The smallest absolute Gasteiger partial charge is 0.234 e. The summed E-state index contributed by atoms with van der Waals surface area (Å²) in [7, 11) is -3.50. The average molecular weight is 303 g/mol. The van der Waals surface area contributed by atoms with Crippen molar-refractivity contribution in [3.8, 4) is 0 Å². The van der Waals surface area contributed by atoms with Gasteiger partial charge in [-0.2, -0.15) is 0 Å². The number of ether oxygens (including phenoxy) is 1. The van der Waals surface area contributed by atoms with Crippen LogP contribution >= 0.6 is 0 Å². The SMILES string of the molecule is O=S(=O)(CCN1CCCOCC1)Nc1cncc(F)c1. The Labute approximate surface area is 118 Å². The quantitative estimate of drug-likeness (QED) is 0.866. The number of nitrogens with one attached hydrogen (secondary N) is 1. The number of aromatic nitrogens is 1. The summed E-state index contributed by atoms with van der Waals surface area (Å²) < 4.78 is 44.4. The van der Waals surface area contributed by atoms with E-state index < -0.39 is 15.8 Å². The molecule has 0 aromatic carbocycles. The summed E-state index contributed by atoms with van der Waals surface area (Å²) in [6.45, 7) is 3.34. The van der Waals surface area contributed by atoms with Crippen LogP contribution in [0.4, 0.5) is 10.1 Å². The van der Waals surface area contributed by atoms with Crippen LogP contribution in [0.3, 0.4) is 0 Å². The molecule has 8 heteroatoms. The van der Waals surface area contributed by atoms with Crippen molar-refractivity contribution in [2.75, 3.05) is 43.3 Å². The van der Waals surface area contributed by atoms with Gasteiger partial charge in [-0.3, -0.25) is 14.6 Å². The zero-order valence-electron chi connectivity index (χ0n) is 11.1. The summed E-state index contributed by atoms with van der Waals surface area (Å²) in [6, 6.07) is 1.10. The normalized spacial score (nSPS) is 17.6. The lowest BCUT2D eigenvalue weighted by molar-refractivity contribution is 0.142. The molecule has 0 radical (unpaired) electrons. The molecule has 2 rings (SSSR count). The van der Waals surface area contributed by atoms with Crippen LogP contribution in [0.15, 0.2) is 18.5 Å². The first kappa shape index (κ1) is 15.1. The van der Waals surface area contributed by atoms with E-state index in [9.17, 15) is 12.8 Å². The molecule has 6 nitrogen and oxygen atoms in total. The van der Waals surface area contributed by atoms with E-state index in [1.54, 1.807) is 0 Å². The van der Waals surface area contributed by atoms with Crippen LogP contribution in [0, 0.1) is 5.82 Å². The van der Waals surface area contributed by atoms with Crippen molar-refractivity contribution in [3.63, 3.8) is 0 Å². The fourth-order valence-corrected chi connectivity index (χ4v) is 3.04. The topological polar surface area (TPSA) is 71.5 Å². The molecular weight excluding hydrogens is 285 g/mol. The van der Waals surface area contributed by atoms with E-state index in [0.29, 0.717) is 13.2 Å². The van der Waals surface area contributed by atoms with Gasteiger partial charge >= 0.3 is 0 Å². The second-order valence-electron chi connectivity index (χ2n) is 4.62. The van der Waals surface area contributed by atoms with Crippen LogP contribution in [-0.2, 0) is 14.8 Å². The Balaban J connectivity index is 1.87. The van der Waals surface area contributed by atoms with Gasteiger partial charge in [-0.25, -0.2) is 12.8 Å². The van der Waals surface area contributed by atoms with Gasteiger partial charge in [-0.15, -0.1) is 0 Å². The molecule has 112 valence electrons. The van der Waals surface area contributed by atoms with Gasteiger partial charge in [0.1, 0.15) is 5.82 Å². The fourth-order valence-electron chi connectivity index (χ4n) is 1.97. The molecule has 1 aliphatic heterocycles. The lowest BCUT2D eigenvalue weighted by Gasteiger charge is -2.19. The van der Waals surface area contributed by atoms with Gasteiger partial charge in [0.05, 0.1) is 30.4 Å². The van der Waals surface area contributed by atoms with Gasteiger partial charge in [-0.05, 0) is 6.42 Å². The van der Waals surface area contributed by atoms with E-state index in [2.05, 4.69) is 14.6 Å². The predicted octanol–water partition coefficient (Wildman–Crippen LogP) is 0.685. The van der Waals surface area contributed by atoms with Gasteiger partial charge in [-0.1, -0.05) is 0 Å². The number of hydrogen-bond donors (Lipinski definition) is 1. The number of halogens is 1. The fraction of sp³-hybridized carbons (Fsp3) is 0.583. The summed E-state index contributed by atoms with van der Waals surface area (Å²) in [5.74, 6) is -0.612. The first-order chi connectivity index (χ1) is 9.55. The van der Waals surface area contributed by atoms with Gasteiger partial charge < -0.3 is 4.74 Å². The maximum absolute atomic E-state index is 12.9. The van der Waals surface area contributed by atoms with Crippen molar-refractivity contribution in [1.82, 2.24) is 9.88 Å². The maximum atomic E-state index is 12.9. The van der Waals surface area contributed by atoms with Crippen molar-refractivity contribution in [2.24, 2.45) is 0 Å². The van der Waals surface area contributed by atoms with Gasteiger partial charge in [0.15, 0.2) is 0 Å². The summed E-state index contributed by atoms with van der Waals surface area (Å²) in [5.41, 5.74) is 0.143. The lowest BCUT2D eigenvalue weighted by atomic mass is 10.4. The number of nitrogens with zero attached hydrogens (tertiary/aromatic N) is 2. The highest BCUT2D eigenvalue weighted by Gasteiger charge is 2.15. The number of pyridine rings is 1. The molecule has 0 atom stereocenters. The highest BCUT2D eigenvalue weighted by Crippen LogP contribution is 2.09. The Morgan fingerprint density at radius 1 is 1.35 bits per heavy atom. The highest BCUT2D eigenvalue weighted by molar-refractivity contribution is 7.92. The highest BCUT2D eigenvalue weighted by atomic mass is 32.2. The minimum Gasteiger partial charge on any atom is -0.380 e. The van der Waals surface area contributed by atoms with Crippen LogP contribution in [-0.4, -0.2) is 56.9 Å². The molecule has 1 N–H and O–H groups in total. The van der Waals surface area contributed by atoms with Crippen LogP contribution in [0.5, 0.6) is 0 Å². The third-order valence-electron chi connectivity index (χ3n) is 2.97. The van der Waals surface area contributed by atoms with Crippen molar-refractivity contribution >= 4 is 15.7 Å². The zero-order chi connectivity index (χ0) is 14.4. The molecule has 0 amide bonds. The molecule has 1 aliphatic rings. The minimum absolute atomic E-state index is 0.0382. The van der Waals surface area contributed by atoms with Crippen molar-refractivity contribution < 1.29 is 17.5 Å². The first-order valence-corrected chi connectivity index (χ1v) is 8.11. The largest absolute Gasteiger partial charge is 0.380 e. The van der Waals surface area contributed by atoms with Crippen LogP contribution in [0.2, 0.25) is 0 Å². The van der Waals surface area contributed by atoms with Crippen LogP contribution in [0.1, 0.15) is 6.42 Å². The third kappa shape index (κ3) is 5.03. The number of hydrogen-bond acceptors (Lipinski definition) is 5. The third-order valence-corrected chi connectivity index (χ3v) is 4.24. The Morgan fingerprint density at radius 2 is 2.20 bits per heavy atom. The second-order valence-corrected chi connectivity index (χ2v) is 6.46. The first-order valence-electron chi connectivity index (χ1n) is 6.46. The van der Waals surface area contributed by atoms with E-state index in [1.165, 1.54) is 6.20 Å². The molecule has 0 aliphatic carbocycles. The molecule has 0 unspecified atom stereocenters. The number of rotatable bonds is 5. The Kier molecular flexibility index (Phi) is 5.27. The molecule has 1 fully saturated rings. The number of anilines is 1. The molecule has 0 spiro atoms. The Morgan fingerprint density at radius 3 is 3.00 bits per heavy atom. The Hall–Kier alpha value is -1.25. The molecule has 2 heterocycles. The van der Waals surface area contributed by atoms with Crippen molar-refractivity contribution in [2.45, 2.75) is 6.42 Å². The average Bonchev–Trinajstić information content (AvgIpc) is 2.64. The zero-order valence-corrected chi connectivity index (χ0v) is 11.9. The van der Waals surface area contributed by atoms with Crippen LogP contribution in [0.25, 0.3) is 0 Å². The molecule has 1 saturated heterocycles. The van der Waals surface area contributed by atoms with Crippen molar-refractivity contribution in [3.05, 3.63) is 24.3 Å². The molecule has 0 saturated carbocycles. The summed E-state index contributed by atoms with van der Waals surface area (Å²) >= 11 is 0. The van der Waals surface area contributed by atoms with Crippen molar-refractivity contribution in [1.29, 1.82) is 0 Å². The lowest BCUT2D eigenvalue weighted by Crippen LogP contribution is -2.33. The van der Waals surface area contributed by atoms with E-state index in [-0.39, 0.29) is 11.4 Å². The molecule has 20 heavy (non-hydrogen) atoms. The monoisotopic (exact) mass is 303 g/mol. The summed E-state index contributed by atoms with van der Waals surface area (Å²) in [5, 5.41) is 0. The molecule has 0 bridgehead atoms. The van der Waals surface area contributed by atoms with E-state index in [1.807, 2.05) is 0 Å². The van der Waals surface area contributed by atoms with E-state index >= 15 is 0 Å². The Bertz CT molecular complexity index is 531. The van der Waals surface area contributed by atoms with Gasteiger partial charge in [0, 0.05) is 32.3 Å². The minimum atomic E-state index is -3.50. The molecular formula is C12H18FN3O3S. The molecule has 1 aromatic rings. The standard InChI is InChI=1S/C12H18FN3O3S/c13-11-8-12(10-14-9-11)15-20(17,18)7-4-16-2-1-5-19-6-3-16/h8-10,15H,1-7H2. The molecule has 1 aromatic heterocycles. The van der Waals surface area contributed by atoms with Gasteiger partial charge in [0.2, 0.25) is 10.0 Å². The maximum Gasteiger partial charge on any atom is 0.234 e. The predicted molar refractivity (Wildman–Crippen MR) is 73.5 cm³/mol. The second kappa shape index (κ2) is 6.96. The summed E-state index contributed by atoms with van der Waals surface area (Å²) in [4.78, 5) is 5.65. The van der Waals surface area contributed by atoms with Crippen LogP contribution < -0.4 is 4.72 Å².